The first-order chi connectivity index (χ1) is 9.99. The van der Waals surface area contributed by atoms with Gasteiger partial charge in [-0.15, -0.1) is 0 Å². The van der Waals surface area contributed by atoms with Crippen LogP contribution in [0, 0.1) is 5.92 Å². The van der Waals surface area contributed by atoms with Gasteiger partial charge in [-0.25, -0.2) is 0 Å². The van der Waals surface area contributed by atoms with E-state index in [4.69, 9.17) is 0 Å². The van der Waals surface area contributed by atoms with E-state index in [2.05, 4.69) is 56.8 Å². The van der Waals surface area contributed by atoms with Crippen LogP contribution in [0.5, 0.6) is 0 Å². The molecule has 0 aromatic carbocycles. The molecule has 126 valence electrons. The van der Waals surface area contributed by atoms with Crippen molar-refractivity contribution in [1.29, 1.82) is 0 Å². The van der Waals surface area contributed by atoms with E-state index in [1.807, 2.05) is 0 Å². The average Bonchev–Trinajstić information content (AvgIpc) is 2.50. The van der Waals surface area contributed by atoms with Crippen molar-refractivity contribution in [2.24, 2.45) is 5.92 Å². The Morgan fingerprint density at radius 2 is 1.90 bits per heavy atom. The highest BCUT2D eigenvalue weighted by atomic mass is 15.2. The highest BCUT2D eigenvalue weighted by Crippen LogP contribution is 2.17. The minimum absolute atomic E-state index is 0.669. The zero-order valence-electron chi connectivity index (χ0n) is 15.4. The molecule has 0 aromatic heterocycles. The molecular formula is C18H39N3. The molecule has 0 bridgehead atoms. The topological polar surface area (TPSA) is 18.5 Å². The number of piperazine rings is 1. The molecule has 0 aromatic rings. The lowest BCUT2D eigenvalue weighted by atomic mass is 9.94. The Morgan fingerprint density at radius 1 is 1.19 bits per heavy atom. The van der Waals surface area contributed by atoms with Crippen molar-refractivity contribution in [1.82, 2.24) is 15.1 Å². The average molecular weight is 298 g/mol. The molecule has 1 rings (SSSR count). The second kappa shape index (κ2) is 9.81. The van der Waals surface area contributed by atoms with Gasteiger partial charge in [-0.3, -0.25) is 4.90 Å². The van der Waals surface area contributed by atoms with Gasteiger partial charge in [-0.05, 0) is 59.2 Å². The third-order valence-corrected chi connectivity index (χ3v) is 5.45. The van der Waals surface area contributed by atoms with Crippen LogP contribution in [0.1, 0.15) is 60.3 Å². The summed E-state index contributed by atoms with van der Waals surface area (Å²) in [5, 5.41) is 3.77. The fourth-order valence-electron chi connectivity index (χ4n) is 3.16. The summed E-state index contributed by atoms with van der Waals surface area (Å²) >= 11 is 0. The maximum absolute atomic E-state index is 3.77. The van der Waals surface area contributed by atoms with E-state index in [0.717, 1.165) is 12.0 Å². The molecule has 3 heteroatoms. The molecule has 1 N–H and O–H groups in total. The van der Waals surface area contributed by atoms with Crippen molar-refractivity contribution < 1.29 is 0 Å². The predicted octanol–water partition coefficient (Wildman–Crippen LogP) is 3.21. The number of hydrogen-bond donors (Lipinski definition) is 1. The van der Waals surface area contributed by atoms with Crippen LogP contribution in [0.25, 0.3) is 0 Å². The van der Waals surface area contributed by atoms with Gasteiger partial charge in [-0.1, -0.05) is 27.2 Å². The van der Waals surface area contributed by atoms with Crippen LogP contribution in [0.4, 0.5) is 0 Å². The normalized spacial score (nSPS) is 25.7. The van der Waals surface area contributed by atoms with Crippen molar-refractivity contribution in [2.45, 2.75) is 78.4 Å². The molecule has 0 aliphatic carbocycles. The molecule has 1 heterocycles. The third-order valence-electron chi connectivity index (χ3n) is 5.45. The summed E-state index contributed by atoms with van der Waals surface area (Å²) in [6, 6.07) is 2.10. The quantitative estimate of drug-likeness (QED) is 0.659. The molecule has 1 saturated heterocycles. The van der Waals surface area contributed by atoms with Crippen molar-refractivity contribution in [3.8, 4) is 0 Å². The summed E-state index contributed by atoms with van der Waals surface area (Å²) in [6.07, 6.45) is 5.21. The summed E-state index contributed by atoms with van der Waals surface area (Å²) in [5.74, 6) is 0.789. The van der Waals surface area contributed by atoms with Crippen LogP contribution < -0.4 is 5.32 Å². The maximum Gasteiger partial charge on any atom is 0.0221 e. The van der Waals surface area contributed by atoms with Crippen molar-refractivity contribution in [2.75, 3.05) is 33.2 Å². The van der Waals surface area contributed by atoms with Gasteiger partial charge >= 0.3 is 0 Å². The van der Waals surface area contributed by atoms with E-state index < -0.39 is 0 Å². The lowest BCUT2D eigenvalue weighted by molar-refractivity contribution is 0.103. The highest BCUT2D eigenvalue weighted by Gasteiger charge is 2.28. The van der Waals surface area contributed by atoms with Gasteiger partial charge in [0, 0.05) is 31.2 Å². The fraction of sp³-hybridized carbons (Fsp3) is 1.00. The van der Waals surface area contributed by atoms with Crippen LogP contribution in [0.3, 0.4) is 0 Å². The fourth-order valence-corrected chi connectivity index (χ4v) is 3.16. The Labute approximate surface area is 133 Å². The summed E-state index contributed by atoms with van der Waals surface area (Å²) in [4.78, 5) is 5.21. The van der Waals surface area contributed by atoms with Crippen LogP contribution in [-0.4, -0.2) is 61.2 Å². The van der Waals surface area contributed by atoms with Crippen LogP contribution >= 0.6 is 0 Å². The molecule has 0 spiro atoms. The van der Waals surface area contributed by atoms with Crippen molar-refractivity contribution >= 4 is 0 Å². The van der Waals surface area contributed by atoms with Crippen molar-refractivity contribution in [3.05, 3.63) is 0 Å². The van der Waals surface area contributed by atoms with Gasteiger partial charge in [0.05, 0.1) is 0 Å². The highest BCUT2D eigenvalue weighted by molar-refractivity contribution is 4.87. The van der Waals surface area contributed by atoms with Gasteiger partial charge in [0.1, 0.15) is 0 Å². The lowest BCUT2D eigenvalue weighted by Crippen LogP contribution is -2.58. The zero-order chi connectivity index (χ0) is 15.8. The van der Waals surface area contributed by atoms with E-state index in [9.17, 15) is 0 Å². The van der Waals surface area contributed by atoms with Gasteiger partial charge in [0.2, 0.25) is 0 Å². The predicted molar refractivity (Wildman–Crippen MR) is 93.9 cm³/mol. The molecule has 3 nitrogen and oxygen atoms in total. The largest absolute Gasteiger partial charge is 0.311 e. The Balaban J connectivity index is 2.35. The molecule has 1 aliphatic rings. The SMILES string of the molecule is CCC(C)C1CN(CCCCN(C)C(C)C)C(CC)CN1. The van der Waals surface area contributed by atoms with Gasteiger partial charge in [-0.2, -0.15) is 0 Å². The summed E-state index contributed by atoms with van der Waals surface area (Å²) < 4.78 is 0. The summed E-state index contributed by atoms with van der Waals surface area (Å²) in [5.41, 5.74) is 0. The molecule has 1 fully saturated rings. The molecular weight excluding hydrogens is 258 g/mol. The van der Waals surface area contributed by atoms with Gasteiger partial charge in [0.25, 0.3) is 0 Å². The lowest BCUT2D eigenvalue weighted by Gasteiger charge is -2.42. The molecule has 0 amide bonds. The third kappa shape index (κ3) is 6.25. The van der Waals surface area contributed by atoms with Crippen LogP contribution in [-0.2, 0) is 0 Å². The van der Waals surface area contributed by atoms with Gasteiger partial charge in [0.15, 0.2) is 0 Å². The van der Waals surface area contributed by atoms with E-state index >= 15 is 0 Å². The molecule has 21 heavy (non-hydrogen) atoms. The zero-order valence-corrected chi connectivity index (χ0v) is 15.4. The number of unbranched alkanes of at least 4 members (excludes halogenated alkanes) is 1. The van der Waals surface area contributed by atoms with E-state index in [0.29, 0.717) is 12.1 Å². The Bertz CT molecular complexity index is 267. The number of hydrogen-bond acceptors (Lipinski definition) is 3. The number of rotatable bonds is 9. The first-order valence-electron chi connectivity index (χ1n) is 9.17. The smallest absolute Gasteiger partial charge is 0.0221 e. The maximum atomic E-state index is 3.77. The van der Waals surface area contributed by atoms with Crippen LogP contribution in [0.2, 0.25) is 0 Å². The minimum Gasteiger partial charge on any atom is -0.311 e. The van der Waals surface area contributed by atoms with Crippen molar-refractivity contribution in [3.63, 3.8) is 0 Å². The summed E-state index contributed by atoms with van der Waals surface area (Å²) in [6.45, 7) is 16.5. The molecule has 1 aliphatic heterocycles. The first-order valence-corrected chi connectivity index (χ1v) is 9.17. The monoisotopic (exact) mass is 297 g/mol. The van der Waals surface area contributed by atoms with E-state index in [1.165, 1.54) is 51.9 Å². The molecule has 0 radical (unpaired) electrons. The summed E-state index contributed by atoms with van der Waals surface area (Å²) in [7, 11) is 2.24. The number of nitrogens with zero attached hydrogens (tertiary/aromatic N) is 2. The van der Waals surface area contributed by atoms with E-state index in [1.54, 1.807) is 0 Å². The Morgan fingerprint density at radius 3 is 2.48 bits per heavy atom. The number of nitrogens with one attached hydrogen (secondary N) is 1. The first kappa shape index (κ1) is 18.9. The van der Waals surface area contributed by atoms with Crippen LogP contribution in [0.15, 0.2) is 0 Å². The Kier molecular flexibility index (Phi) is 8.84. The standard InChI is InChI=1S/C18H39N3/c1-7-16(5)18-14-21(17(8-2)13-19-18)12-10-9-11-20(6)15(3)4/h15-19H,7-14H2,1-6H3. The minimum atomic E-state index is 0.669. The van der Waals surface area contributed by atoms with E-state index in [-0.39, 0.29) is 0 Å². The second-order valence-electron chi connectivity index (χ2n) is 7.24. The Hall–Kier alpha value is -0.120. The molecule has 3 atom stereocenters. The second-order valence-corrected chi connectivity index (χ2v) is 7.24. The molecule has 0 saturated carbocycles. The van der Waals surface area contributed by atoms with Gasteiger partial charge < -0.3 is 10.2 Å². The molecule has 3 unspecified atom stereocenters.